The number of aryl methyl sites for hydroxylation is 1. The van der Waals surface area contributed by atoms with Gasteiger partial charge in [0.1, 0.15) is 12.0 Å². The molecule has 1 aliphatic rings. The first-order chi connectivity index (χ1) is 14.4. The van der Waals surface area contributed by atoms with E-state index in [-0.39, 0.29) is 16.7 Å². The fraction of sp³-hybridized carbons (Fsp3) is 0.588. The zero-order valence-electron chi connectivity index (χ0n) is 16.3. The first kappa shape index (κ1) is 26.4. The fourth-order valence-electron chi connectivity index (χ4n) is 3.38. The number of alkyl halides is 6. The van der Waals surface area contributed by atoms with Crippen LogP contribution in [-0.4, -0.2) is 44.1 Å². The van der Waals surface area contributed by atoms with Crippen molar-refractivity contribution in [3.63, 3.8) is 0 Å². The van der Waals surface area contributed by atoms with Crippen LogP contribution in [0.5, 0.6) is 5.75 Å². The lowest BCUT2D eigenvalue weighted by Gasteiger charge is -2.31. The Bertz CT molecular complexity index is 1090. The van der Waals surface area contributed by atoms with E-state index in [0.29, 0.717) is 32.0 Å². The summed E-state index contributed by atoms with van der Waals surface area (Å²) in [4.78, 5) is 11.1. The molecule has 0 heterocycles. The van der Waals surface area contributed by atoms with Gasteiger partial charge in [0.2, 0.25) is 0 Å². The first-order valence-electron chi connectivity index (χ1n) is 9.05. The zero-order chi connectivity index (χ0) is 24.8. The van der Waals surface area contributed by atoms with Gasteiger partial charge in [0.15, 0.2) is 0 Å². The van der Waals surface area contributed by atoms with Gasteiger partial charge < -0.3 is 4.18 Å². The van der Waals surface area contributed by atoms with Gasteiger partial charge in [0.05, 0.1) is 0 Å². The molecule has 2 rings (SSSR count). The number of hydrogen-bond acceptors (Lipinski definition) is 6. The van der Waals surface area contributed by atoms with Crippen LogP contribution in [-0.2, 0) is 20.2 Å². The number of hydrogen-bond donors (Lipinski definition) is 1. The topological polar surface area (TPSA) is 115 Å². The minimum Gasteiger partial charge on any atom is -0.377 e. The molecule has 7 nitrogen and oxygen atoms in total. The van der Waals surface area contributed by atoms with Crippen molar-refractivity contribution in [1.82, 2.24) is 0 Å². The van der Waals surface area contributed by atoms with Crippen molar-refractivity contribution in [2.24, 2.45) is 0 Å². The van der Waals surface area contributed by atoms with Gasteiger partial charge in [0, 0.05) is 5.56 Å². The molecule has 1 aliphatic carbocycles. The molecule has 15 heteroatoms. The predicted octanol–water partition coefficient (Wildman–Crippen LogP) is 4.27. The molecule has 0 saturated heterocycles. The maximum Gasteiger partial charge on any atom is 0.450 e. The highest BCUT2D eigenvalue weighted by Gasteiger charge is 2.83. The van der Waals surface area contributed by atoms with Gasteiger partial charge in [-0.3, -0.25) is 9.35 Å². The van der Waals surface area contributed by atoms with E-state index in [9.17, 15) is 48.0 Å². The van der Waals surface area contributed by atoms with Crippen molar-refractivity contribution in [2.75, 3.05) is 0 Å². The Hall–Kier alpha value is -1.87. The summed E-state index contributed by atoms with van der Waals surface area (Å²) in [5.41, 5.74) is -0.307. The molecular formula is C17H18F6O7S2. The molecule has 1 aromatic carbocycles. The number of carbonyl (C=O) groups is 1. The molecule has 0 aliphatic heterocycles. The van der Waals surface area contributed by atoms with E-state index in [1.54, 1.807) is 0 Å². The van der Waals surface area contributed by atoms with E-state index in [1.165, 1.54) is 0 Å². The quantitative estimate of drug-likeness (QED) is 0.239. The minimum atomic E-state index is -7.14. The summed E-state index contributed by atoms with van der Waals surface area (Å²) in [5, 5.41) is -13.6. The Morgan fingerprint density at radius 1 is 0.969 bits per heavy atom. The van der Waals surface area contributed by atoms with Gasteiger partial charge in [0.25, 0.3) is 0 Å². The average molecular weight is 512 g/mol. The second-order valence-corrected chi connectivity index (χ2v) is 10.4. The first-order valence-corrected chi connectivity index (χ1v) is 11.9. The summed E-state index contributed by atoms with van der Waals surface area (Å²) in [5.74, 6) is -8.46. The second kappa shape index (κ2) is 8.48. The molecular weight excluding hydrogens is 494 g/mol. The Morgan fingerprint density at radius 2 is 1.50 bits per heavy atom. The standard InChI is InChI=1S/C17H18F6O7S2/c1-10-7-11(9-24)8-13(12-5-3-2-4-6-12)14(10)30-32(28,29)17(22,23)15(18,19)16(20,21)31(25,26)27/h7-9,12H,2-6H2,1H3,(H,25,26,27). The van der Waals surface area contributed by atoms with Crippen molar-refractivity contribution in [3.8, 4) is 5.75 Å². The molecule has 0 bridgehead atoms. The van der Waals surface area contributed by atoms with Crippen molar-refractivity contribution >= 4 is 26.5 Å². The van der Waals surface area contributed by atoms with E-state index < -0.39 is 48.3 Å². The zero-order valence-corrected chi connectivity index (χ0v) is 18.0. The highest BCUT2D eigenvalue weighted by atomic mass is 32.2. The summed E-state index contributed by atoms with van der Waals surface area (Å²) in [6.45, 7) is 1.12. The smallest absolute Gasteiger partial charge is 0.377 e. The predicted molar refractivity (Wildman–Crippen MR) is 98.3 cm³/mol. The monoisotopic (exact) mass is 512 g/mol. The molecule has 0 unspecified atom stereocenters. The number of carbonyl (C=O) groups excluding carboxylic acids is 1. The van der Waals surface area contributed by atoms with Crippen LogP contribution >= 0.6 is 0 Å². The summed E-state index contributed by atoms with van der Waals surface area (Å²) < 4.78 is 140. The lowest BCUT2D eigenvalue weighted by atomic mass is 9.82. The van der Waals surface area contributed by atoms with Gasteiger partial charge in [-0.05, 0) is 48.9 Å². The number of benzene rings is 1. The molecule has 1 saturated carbocycles. The summed E-state index contributed by atoms with van der Waals surface area (Å²) in [6, 6.07) is 2.12. The van der Waals surface area contributed by atoms with Crippen LogP contribution in [0.25, 0.3) is 0 Å². The highest BCUT2D eigenvalue weighted by Crippen LogP contribution is 2.51. The van der Waals surface area contributed by atoms with Crippen LogP contribution in [0.1, 0.15) is 59.5 Å². The van der Waals surface area contributed by atoms with Gasteiger partial charge in [-0.2, -0.15) is 43.2 Å². The average Bonchev–Trinajstić information content (AvgIpc) is 2.68. The van der Waals surface area contributed by atoms with Gasteiger partial charge >= 0.3 is 36.7 Å². The van der Waals surface area contributed by atoms with Gasteiger partial charge in [-0.25, -0.2) is 0 Å². The van der Waals surface area contributed by atoms with Crippen LogP contribution in [0.15, 0.2) is 12.1 Å². The molecule has 1 fully saturated rings. The summed E-state index contributed by atoms with van der Waals surface area (Å²) >= 11 is 0. The summed E-state index contributed by atoms with van der Waals surface area (Å²) in [7, 11) is -14.1. The van der Waals surface area contributed by atoms with Crippen molar-refractivity contribution in [1.29, 1.82) is 0 Å². The molecule has 182 valence electrons. The van der Waals surface area contributed by atoms with Crippen LogP contribution in [0.4, 0.5) is 26.3 Å². The Labute approximate surface area is 179 Å². The number of rotatable bonds is 8. The molecule has 0 atom stereocenters. The normalized spacial score (nSPS) is 17.2. The van der Waals surface area contributed by atoms with E-state index in [0.717, 1.165) is 25.5 Å². The second-order valence-electron chi connectivity index (χ2n) is 7.33. The Balaban J connectivity index is 2.61. The van der Waals surface area contributed by atoms with Crippen molar-refractivity contribution < 1.29 is 56.7 Å². The Kier molecular flexibility index (Phi) is 6.99. The van der Waals surface area contributed by atoms with E-state index in [1.807, 2.05) is 0 Å². The molecule has 0 radical (unpaired) electrons. The van der Waals surface area contributed by atoms with Crippen LogP contribution in [0.3, 0.4) is 0 Å². The van der Waals surface area contributed by atoms with Gasteiger partial charge in [-0.1, -0.05) is 19.3 Å². The maximum absolute atomic E-state index is 14.2. The molecule has 0 aromatic heterocycles. The van der Waals surface area contributed by atoms with Crippen molar-refractivity contribution in [2.45, 2.75) is 61.4 Å². The molecule has 32 heavy (non-hydrogen) atoms. The van der Waals surface area contributed by atoms with Gasteiger partial charge in [-0.15, -0.1) is 0 Å². The lowest BCUT2D eigenvalue weighted by Crippen LogP contribution is -2.61. The summed E-state index contributed by atoms with van der Waals surface area (Å²) in [6.07, 6.45) is 3.32. The third-order valence-electron chi connectivity index (χ3n) is 5.07. The highest BCUT2D eigenvalue weighted by molar-refractivity contribution is 7.88. The van der Waals surface area contributed by atoms with Crippen LogP contribution in [0, 0.1) is 6.92 Å². The van der Waals surface area contributed by atoms with E-state index in [4.69, 9.17) is 4.55 Å². The SMILES string of the molecule is Cc1cc(C=O)cc(C2CCCCC2)c1OS(=O)(=O)C(F)(F)C(F)(F)C(F)(F)S(=O)(=O)O. The van der Waals surface area contributed by atoms with E-state index >= 15 is 0 Å². The maximum atomic E-state index is 14.2. The molecule has 1 aromatic rings. The van der Waals surface area contributed by atoms with Crippen molar-refractivity contribution in [3.05, 3.63) is 28.8 Å². The minimum absolute atomic E-state index is 0.00261. The lowest BCUT2D eigenvalue weighted by molar-refractivity contribution is -0.247. The van der Waals surface area contributed by atoms with Crippen LogP contribution < -0.4 is 4.18 Å². The fourth-order valence-corrected chi connectivity index (χ4v) is 4.89. The Morgan fingerprint density at radius 3 is 1.97 bits per heavy atom. The van der Waals surface area contributed by atoms with Crippen LogP contribution in [0.2, 0.25) is 0 Å². The molecule has 1 N–H and O–H groups in total. The third-order valence-corrected chi connectivity index (χ3v) is 7.24. The molecule has 0 spiro atoms. The number of aldehydes is 1. The van der Waals surface area contributed by atoms with E-state index in [2.05, 4.69) is 4.18 Å². The number of halogens is 6. The largest absolute Gasteiger partial charge is 0.450 e. The third kappa shape index (κ3) is 4.33. The molecule has 0 amide bonds.